The lowest BCUT2D eigenvalue weighted by Gasteiger charge is -2.11. The molecule has 0 fully saturated rings. The first-order valence-electron chi connectivity index (χ1n) is 7.64. The summed E-state index contributed by atoms with van der Waals surface area (Å²) in [7, 11) is 1.47. The number of carbonyl (C=O) groups is 1. The molecule has 7 nitrogen and oxygen atoms in total. The number of nitrogens with zero attached hydrogens (tertiary/aromatic N) is 2. The molecule has 0 bridgehead atoms. The Bertz CT molecular complexity index is 957. The van der Waals surface area contributed by atoms with Crippen molar-refractivity contribution in [3.05, 3.63) is 76.3 Å². The van der Waals surface area contributed by atoms with Gasteiger partial charge in [0.25, 0.3) is 5.69 Å². The normalized spacial score (nSPS) is 10.2. The van der Waals surface area contributed by atoms with E-state index in [1.54, 1.807) is 36.4 Å². The Morgan fingerprint density at radius 1 is 1.04 bits per heavy atom. The number of rotatable bonds is 6. The summed E-state index contributed by atoms with van der Waals surface area (Å²) in [5.74, 6) is 0.852. The first-order valence-corrected chi connectivity index (χ1v) is 7.64. The van der Waals surface area contributed by atoms with Gasteiger partial charge < -0.3 is 9.47 Å². The van der Waals surface area contributed by atoms with Crippen molar-refractivity contribution in [3.63, 3.8) is 0 Å². The van der Waals surface area contributed by atoms with Gasteiger partial charge in [-0.2, -0.15) is 0 Å². The molecular weight excluding hydrogens is 336 g/mol. The molecule has 1 aromatic heterocycles. The number of nitro groups is 1. The van der Waals surface area contributed by atoms with Gasteiger partial charge in [-0.05, 0) is 18.2 Å². The zero-order chi connectivity index (χ0) is 18.5. The third-order valence-corrected chi connectivity index (χ3v) is 3.63. The fraction of sp³-hybridized carbons (Fsp3) is 0.0526. The minimum atomic E-state index is -0.493. The van der Waals surface area contributed by atoms with E-state index >= 15 is 0 Å². The molecule has 0 amide bonds. The lowest BCUT2D eigenvalue weighted by Crippen LogP contribution is -1.98. The molecule has 0 atom stereocenters. The van der Waals surface area contributed by atoms with Crippen LogP contribution in [0.15, 0.2) is 60.7 Å². The molecule has 0 saturated heterocycles. The van der Waals surface area contributed by atoms with E-state index in [0.29, 0.717) is 23.2 Å². The van der Waals surface area contributed by atoms with Gasteiger partial charge in [0.05, 0.1) is 12.0 Å². The van der Waals surface area contributed by atoms with Gasteiger partial charge in [0.1, 0.15) is 6.29 Å². The lowest BCUT2D eigenvalue weighted by molar-refractivity contribution is -0.384. The van der Waals surface area contributed by atoms with Crippen LogP contribution in [0.25, 0.3) is 11.3 Å². The van der Waals surface area contributed by atoms with Crippen LogP contribution in [0.1, 0.15) is 10.4 Å². The fourth-order valence-corrected chi connectivity index (χ4v) is 2.41. The van der Waals surface area contributed by atoms with Crippen LogP contribution in [0.4, 0.5) is 5.69 Å². The number of ether oxygens (including phenoxy) is 2. The van der Waals surface area contributed by atoms with Gasteiger partial charge in [-0.25, -0.2) is 4.98 Å². The maximum Gasteiger partial charge on any atom is 0.295 e. The molecule has 0 aliphatic carbocycles. The molecule has 2 aromatic carbocycles. The van der Waals surface area contributed by atoms with Crippen molar-refractivity contribution < 1.29 is 19.2 Å². The summed E-state index contributed by atoms with van der Waals surface area (Å²) >= 11 is 0. The van der Waals surface area contributed by atoms with Crippen molar-refractivity contribution >= 4 is 12.0 Å². The van der Waals surface area contributed by atoms with Gasteiger partial charge in [0.2, 0.25) is 5.88 Å². The average molecular weight is 350 g/mol. The van der Waals surface area contributed by atoms with E-state index in [4.69, 9.17) is 9.47 Å². The number of aldehydes is 1. The van der Waals surface area contributed by atoms with Crippen molar-refractivity contribution in [1.82, 2.24) is 4.98 Å². The molecular formula is C19H14N2O5. The predicted molar refractivity (Wildman–Crippen MR) is 94.8 cm³/mol. The van der Waals surface area contributed by atoms with Crippen LogP contribution in [0.3, 0.4) is 0 Å². The highest BCUT2D eigenvalue weighted by Crippen LogP contribution is 2.35. The van der Waals surface area contributed by atoms with Crippen molar-refractivity contribution in [2.24, 2.45) is 0 Å². The van der Waals surface area contributed by atoms with E-state index in [0.717, 1.165) is 0 Å². The lowest BCUT2D eigenvalue weighted by atomic mass is 10.1. The van der Waals surface area contributed by atoms with Crippen molar-refractivity contribution in [2.75, 3.05) is 7.11 Å². The van der Waals surface area contributed by atoms with Gasteiger partial charge in [-0.1, -0.05) is 30.3 Å². The van der Waals surface area contributed by atoms with Crippen LogP contribution >= 0.6 is 0 Å². The maximum absolute atomic E-state index is 11.3. The highest BCUT2D eigenvalue weighted by Gasteiger charge is 2.19. The van der Waals surface area contributed by atoms with Crippen LogP contribution < -0.4 is 9.47 Å². The van der Waals surface area contributed by atoms with E-state index in [1.165, 1.54) is 25.3 Å². The quantitative estimate of drug-likeness (QED) is 0.374. The molecule has 0 unspecified atom stereocenters. The van der Waals surface area contributed by atoms with Crippen LogP contribution in [-0.4, -0.2) is 23.3 Å². The Balaban J connectivity index is 2.05. The third-order valence-electron chi connectivity index (χ3n) is 3.63. The Hall–Kier alpha value is -3.74. The fourth-order valence-electron chi connectivity index (χ4n) is 2.41. The molecule has 130 valence electrons. The summed E-state index contributed by atoms with van der Waals surface area (Å²) in [5, 5.41) is 11.3. The minimum absolute atomic E-state index is 0.128. The van der Waals surface area contributed by atoms with Crippen molar-refractivity contribution in [2.45, 2.75) is 0 Å². The van der Waals surface area contributed by atoms with Gasteiger partial charge in [0.15, 0.2) is 17.2 Å². The predicted octanol–water partition coefficient (Wildman–Crippen LogP) is 4.27. The van der Waals surface area contributed by atoms with E-state index in [9.17, 15) is 14.9 Å². The maximum atomic E-state index is 11.3. The molecule has 7 heteroatoms. The largest absolute Gasteiger partial charge is 0.493 e. The average Bonchev–Trinajstić information content (AvgIpc) is 2.68. The summed E-state index contributed by atoms with van der Waals surface area (Å²) in [5.41, 5.74) is 1.07. The summed E-state index contributed by atoms with van der Waals surface area (Å²) in [4.78, 5) is 26.1. The molecule has 0 radical (unpaired) electrons. The van der Waals surface area contributed by atoms with E-state index in [1.807, 2.05) is 6.07 Å². The number of hydrogen-bond acceptors (Lipinski definition) is 6. The van der Waals surface area contributed by atoms with E-state index in [-0.39, 0.29) is 23.0 Å². The molecule has 3 rings (SSSR count). The molecule has 1 heterocycles. The van der Waals surface area contributed by atoms with E-state index in [2.05, 4.69) is 4.98 Å². The topological polar surface area (TPSA) is 91.6 Å². The molecule has 0 aliphatic heterocycles. The first kappa shape index (κ1) is 17.1. The summed E-state index contributed by atoms with van der Waals surface area (Å²) in [6.45, 7) is 0. The van der Waals surface area contributed by atoms with E-state index < -0.39 is 4.92 Å². The first-order chi connectivity index (χ1) is 12.6. The highest BCUT2D eigenvalue weighted by atomic mass is 16.6. The summed E-state index contributed by atoms with van der Waals surface area (Å²) < 4.78 is 10.9. The summed E-state index contributed by atoms with van der Waals surface area (Å²) in [6.07, 6.45) is 0.685. The van der Waals surface area contributed by atoms with Crippen LogP contribution in [0.2, 0.25) is 0 Å². The van der Waals surface area contributed by atoms with Crippen LogP contribution in [0, 0.1) is 10.1 Å². The Morgan fingerprint density at radius 2 is 1.81 bits per heavy atom. The monoisotopic (exact) mass is 350 g/mol. The zero-order valence-electron chi connectivity index (χ0n) is 13.8. The number of methoxy groups -OCH3 is 1. The molecule has 26 heavy (non-hydrogen) atoms. The molecule has 0 N–H and O–H groups in total. The Kier molecular flexibility index (Phi) is 4.89. The van der Waals surface area contributed by atoms with Crippen LogP contribution in [0.5, 0.6) is 17.4 Å². The van der Waals surface area contributed by atoms with Gasteiger partial charge in [0, 0.05) is 23.3 Å². The number of hydrogen-bond donors (Lipinski definition) is 0. The smallest absolute Gasteiger partial charge is 0.295 e. The second-order valence-corrected chi connectivity index (χ2v) is 5.27. The second-order valence-electron chi connectivity index (χ2n) is 5.27. The van der Waals surface area contributed by atoms with Gasteiger partial charge >= 0.3 is 0 Å². The van der Waals surface area contributed by atoms with Crippen LogP contribution in [-0.2, 0) is 0 Å². The minimum Gasteiger partial charge on any atom is -0.493 e. The molecule has 0 saturated carbocycles. The Morgan fingerprint density at radius 3 is 2.46 bits per heavy atom. The van der Waals surface area contributed by atoms with Crippen molar-refractivity contribution in [1.29, 1.82) is 0 Å². The molecule has 0 spiro atoms. The van der Waals surface area contributed by atoms with Crippen molar-refractivity contribution in [3.8, 4) is 28.6 Å². The number of aromatic nitrogens is 1. The standard InChI is InChI=1S/C19H14N2O5/c1-25-16-9-7-13(12-22)11-17(16)26-18-10-8-15(21(23)24)19(20-18)14-5-3-2-4-6-14/h2-12H,1H3. The molecule has 3 aromatic rings. The second kappa shape index (κ2) is 7.43. The Labute approximate surface area is 149 Å². The highest BCUT2D eigenvalue weighted by molar-refractivity contribution is 5.76. The zero-order valence-corrected chi connectivity index (χ0v) is 13.8. The SMILES string of the molecule is COc1ccc(C=O)cc1Oc1ccc([N+](=O)[O-])c(-c2ccccc2)n1. The summed E-state index contributed by atoms with van der Waals surface area (Å²) in [6, 6.07) is 16.2. The number of carbonyl (C=O) groups excluding carboxylic acids is 1. The van der Waals surface area contributed by atoms with Gasteiger partial charge in [-0.15, -0.1) is 0 Å². The van der Waals surface area contributed by atoms with Gasteiger partial charge in [-0.3, -0.25) is 14.9 Å². The number of pyridine rings is 1. The molecule has 0 aliphatic rings. The third kappa shape index (κ3) is 3.51. The number of benzene rings is 2.